The molecular weight excluding hydrogens is 270 g/mol. The second kappa shape index (κ2) is 6.64. The maximum absolute atomic E-state index is 12.5. The Morgan fingerprint density at radius 3 is 2.14 bits per heavy atom. The Bertz CT molecular complexity index is 390. The van der Waals surface area contributed by atoms with Gasteiger partial charge in [0.05, 0.1) is 6.10 Å². The van der Waals surface area contributed by atoms with Crippen LogP contribution in [0.5, 0.6) is 0 Å². The fourth-order valence-electron chi connectivity index (χ4n) is 3.24. The third kappa shape index (κ3) is 3.67. The Morgan fingerprint density at radius 2 is 1.67 bits per heavy atom. The van der Waals surface area contributed by atoms with E-state index in [-0.39, 0.29) is 29.9 Å². The van der Waals surface area contributed by atoms with E-state index in [9.17, 15) is 14.7 Å². The number of carbonyl (C=O) groups excluding carboxylic acids is 2. The van der Waals surface area contributed by atoms with Gasteiger partial charge in [0.2, 0.25) is 5.91 Å². The molecule has 6 heteroatoms. The van der Waals surface area contributed by atoms with Gasteiger partial charge in [-0.1, -0.05) is 0 Å². The Hall–Kier alpha value is -1.30. The largest absolute Gasteiger partial charge is 0.393 e. The summed E-state index contributed by atoms with van der Waals surface area (Å²) >= 11 is 0. The van der Waals surface area contributed by atoms with Crippen LogP contribution in [0.1, 0.15) is 26.2 Å². The van der Waals surface area contributed by atoms with Crippen molar-refractivity contribution in [3.05, 3.63) is 0 Å². The number of urea groups is 1. The van der Waals surface area contributed by atoms with Crippen LogP contribution in [0.2, 0.25) is 0 Å². The molecule has 2 unspecified atom stereocenters. The molecule has 6 nitrogen and oxygen atoms in total. The van der Waals surface area contributed by atoms with Crippen LogP contribution >= 0.6 is 0 Å². The standard InChI is InChI=1S/C15H27N3O3/c1-11(19)13-6-9-18(10-13)14(20)12-4-7-17(8-5-12)15(21)16(2)3/h11-13,19H,4-10H2,1-3H3. The van der Waals surface area contributed by atoms with Gasteiger partial charge in [-0.15, -0.1) is 0 Å². The number of hydrogen-bond acceptors (Lipinski definition) is 3. The summed E-state index contributed by atoms with van der Waals surface area (Å²) in [4.78, 5) is 29.7. The highest BCUT2D eigenvalue weighted by Crippen LogP contribution is 2.25. The SMILES string of the molecule is CC(O)C1CCN(C(=O)C2CCN(C(=O)N(C)C)CC2)C1. The van der Waals surface area contributed by atoms with Crippen molar-refractivity contribution in [1.29, 1.82) is 0 Å². The topological polar surface area (TPSA) is 64.1 Å². The van der Waals surface area contributed by atoms with Crippen molar-refractivity contribution >= 4 is 11.9 Å². The van der Waals surface area contributed by atoms with Crippen LogP contribution in [-0.4, -0.2) is 78.1 Å². The summed E-state index contributed by atoms with van der Waals surface area (Å²) in [5, 5.41) is 9.62. The van der Waals surface area contributed by atoms with Crippen molar-refractivity contribution in [2.45, 2.75) is 32.3 Å². The first kappa shape index (κ1) is 16.1. The molecule has 2 aliphatic heterocycles. The van der Waals surface area contributed by atoms with Crippen molar-refractivity contribution in [3.63, 3.8) is 0 Å². The minimum atomic E-state index is -0.345. The number of nitrogens with zero attached hydrogens (tertiary/aromatic N) is 3. The summed E-state index contributed by atoms with van der Waals surface area (Å²) in [5.74, 6) is 0.448. The molecule has 2 saturated heterocycles. The van der Waals surface area contributed by atoms with E-state index in [1.807, 2.05) is 9.80 Å². The first-order chi connectivity index (χ1) is 9.90. The summed E-state index contributed by atoms with van der Waals surface area (Å²) in [5.41, 5.74) is 0. The van der Waals surface area contributed by atoms with E-state index in [1.165, 1.54) is 0 Å². The van der Waals surface area contributed by atoms with Crippen LogP contribution in [0, 0.1) is 11.8 Å². The lowest BCUT2D eigenvalue weighted by Crippen LogP contribution is -2.47. The van der Waals surface area contributed by atoms with Gasteiger partial charge in [0.1, 0.15) is 0 Å². The van der Waals surface area contributed by atoms with Crippen LogP contribution in [0.15, 0.2) is 0 Å². The smallest absolute Gasteiger partial charge is 0.319 e. The van der Waals surface area contributed by atoms with E-state index in [2.05, 4.69) is 0 Å². The molecule has 2 heterocycles. The summed E-state index contributed by atoms with van der Waals surface area (Å²) in [7, 11) is 3.50. The van der Waals surface area contributed by atoms with Gasteiger partial charge in [0.15, 0.2) is 0 Å². The average molecular weight is 297 g/mol. The molecule has 2 fully saturated rings. The maximum atomic E-state index is 12.5. The van der Waals surface area contributed by atoms with E-state index in [1.54, 1.807) is 25.9 Å². The van der Waals surface area contributed by atoms with Gasteiger partial charge < -0.3 is 19.8 Å². The number of likely N-dealkylation sites (tertiary alicyclic amines) is 2. The highest BCUT2D eigenvalue weighted by atomic mass is 16.3. The van der Waals surface area contributed by atoms with Crippen molar-refractivity contribution < 1.29 is 14.7 Å². The number of carbonyl (C=O) groups is 2. The number of rotatable bonds is 2. The Balaban J connectivity index is 1.82. The molecule has 2 atom stereocenters. The van der Waals surface area contributed by atoms with Gasteiger partial charge in [0, 0.05) is 52.1 Å². The first-order valence-corrected chi connectivity index (χ1v) is 7.83. The van der Waals surface area contributed by atoms with E-state index in [4.69, 9.17) is 0 Å². The number of piperidine rings is 1. The number of hydrogen-bond donors (Lipinski definition) is 1. The van der Waals surface area contributed by atoms with E-state index >= 15 is 0 Å². The van der Waals surface area contributed by atoms with E-state index in [0.29, 0.717) is 19.6 Å². The van der Waals surface area contributed by atoms with Crippen LogP contribution in [0.25, 0.3) is 0 Å². The zero-order chi connectivity index (χ0) is 15.6. The van der Waals surface area contributed by atoms with Gasteiger partial charge in [-0.2, -0.15) is 0 Å². The normalized spacial score (nSPS) is 25.0. The maximum Gasteiger partial charge on any atom is 0.319 e. The third-order valence-electron chi connectivity index (χ3n) is 4.72. The quantitative estimate of drug-likeness (QED) is 0.812. The molecule has 0 radical (unpaired) electrons. The van der Waals surface area contributed by atoms with Gasteiger partial charge in [0.25, 0.3) is 0 Å². The van der Waals surface area contributed by atoms with Gasteiger partial charge in [-0.05, 0) is 26.2 Å². The van der Waals surface area contributed by atoms with Crippen molar-refractivity contribution in [2.24, 2.45) is 11.8 Å². The third-order valence-corrected chi connectivity index (χ3v) is 4.72. The molecule has 0 bridgehead atoms. The molecule has 1 N–H and O–H groups in total. The molecule has 0 aromatic heterocycles. The van der Waals surface area contributed by atoms with Crippen molar-refractivity contribution in [2.75, 3.05) is 40.3 Å². The monoisotopic (exact) mass is 297 g/mol. The Labute approximate surface area is 126 Å². The molecule has 0 saturated carbocycles. The molecule has 120 valence electrons. The average Bonchev–Trinajstić information content (AvgIpc) is 2.96. The first-order valence-electron chi connectivity index (χ1n) is 7.83. The van der Waals surface area contributed by atoms with E-state index < -0.39 is 0 Å². The minimum absolute atomic E-state index is 0.0243. The molecule has 21 heavy (non-hydrogen) atoms. The summed E-state index contributed by atoms with van der Waals surface area (Å²) in [6.45, 7) is 4.53. The Kier molecular flexibility index (Phi) is 5.08. The lowest BCUT2D eigenvalue weighted by molar-refractivity contribution is -0.136. The second-order valence-corrected chi connectivity index (χ2v) is 6.51. The molecule has 0 aliphatic carbocycles. The Morgan fingerprint density at radius 1 is 1.10 bits per heavy atom. The zero-order valence-corrected chi connectivity index (χ0v) is 13.3. The lowest BCUT2D eigenvalue weighted by atomic mass is 9.95. The van der Waals surface area contributed by atoms with Crippen LogP contribution in [-0.2, 0) is 4.79 Å². The summed E-state index contributed by atoms with van der Waals surface area (Å²) in [6.07, 6.45) is 2.03. The molecule has 0 aromatic rings. The summed E-state index contributed by atoms with van der Waals surface area (Å²) < 4.78 is 0. The fraction of sp³-hybridized carbons (Fsp3) is 0.867. The number of aliphatic hydroxyl groups excluding tert-OH is 1. The van der Waals surface area contributed by atoms with Gasteiger partial charge in [-0.25, -0.2) is 4.79 Å². The summed E-state index contributed by atoms with van der Waals surface area (Å²) in [6, 6.07) is 0.0243. The number of aliphatic hydroxyl groups is 1. The van der Waals surface area contributed by atoms with Crippen LogP contribution in [0.3, 0.4) is 0 Å². The molecule has 2 rings (SSSR count). The van der Waals surface area contributed by atoms with Gasteiger partial charge >= 0.3 is 6.03 Å². The molecular formula is C15H27N3O3. The van der Waals surface area contributed by atoms with E-state index in [0.717, 1.165) is 25.8 Å². The molecule has 0 spiro atoms. The minimum Gasteiger partial charge on any atom is -0.393 e. The molecule has 0 aromatic carbocycles. The lowest BCUT2D eigenvalue weighted by Gasteiger charge is -2.34. The molecule has 2 aliphatic rings. The highest BCUT2D eigenvalue weighted by Gasteiger charge is 2.35. The van der Waals surface area contributed by atoms with Crippen molar-refractivity contribution in [3.8, 4) is 0 Å². The van der Waals surface area contributed by atoms with Gasteiger partial charge in [-0.3, -0.25) is 4.79 Å². The van der Waals surface area contributed by atoms with Crippen LogP contribution < -0.4 is 0 Å². The van der Waals surface area contributed by atoms with Crippen LogP contribution in [0.4, 0.5) is 4.79 Å². The predicted octanol–water partition coefficient (Wildman–Crippen LogP) is 0.609. The zero-order valence-electron chi connectivity index (χ0n) is 13.3. The highest BCUT2D eigenvalue weighted by molar-refractivity contribution is 5.80. The van der Waals surface area contributed by atoms with Crippen molar-refractivity contribution in [1.82, 2.24) is 14.7 Å². The fourth-order valence-corrected chi connectivity index (χ4v) is 3.24. The molecule has 3 amide bonds. The predicted molar refractivity (Wildman–Crippen MR) is 79.7 cm³/mol. The second-order valence-electron chi connectivity index (χ2n) is 6.51. The number of amides is 3.